The van der Waals surface area contributed by atoms with Gasteiger partial charge in [0.2, 0.25) is 0 Å². The van der Waals surface area contributed by atoms with E-state index in [0.717, 1.165) is 44.2 Å². The van der Waals surface area contributed by atoms with E-state index in [0.29, 0.717) is 17.8 Å². The smallest absolute Gasteiger partial charge is 0.327 e. The molecule has 4 aliphatic rings. The molecule has 7 atom stereocenters. The Balaban J connectivity index is 1.39. The van der Waals surface area contributed by atoms with Gasteiger partial charge in [0, 0.05) is 5.75 Å². The average molecular weight is 465 g/mol. The van der Waals surface area contributed by atoms with E-state index < -0.39 is 17.9 Å². The standard InChI is InChI=1S/C24H36N2O5S/c1-23-9-7-15(26-31-12-21(28)25-19(13-32)22(29)30)11-14(23)3-4-16-17-5-6-20(27)24(17,2)10-8-18(16)23/h11,16-20,27,32H,3-10,12-13H2,1-2H3,(H,25,28)(H,29,30)/t16?,17?,18?,19?,20?,23-,24-/m0/s1. The molecule has 3 saturated carbocycles. The molecule has 5 unspecified atom stereocenters. The van der Waals surface area contributed by atoms with Gasteiger partial charge in [0.15, 0.2) is 6.61 Å². The molecular formula is C24H36N2O5S. The van der Waals surface area contributed by atoms with Gasteiger partial charge in [-0.15, -0.1) is 0 Å². The van der Waals surface area contributed by atoms with Crippen molar-refractivity contribution in [3.8, 4) is 0 Å². The van der Waals surface area contributed by atoms with Crippen LogP contribution in [-0.4, -0.2) is 52.3 Å². The summed E-state index contributed by atoms with van der Waals surface area (Å²) in [6, 6.07) is -1.03. The third-order valence-electron chi connectivity index (χ3n) is 9.12. The topological polar surface area (TPSA) is 108 Å². The molecule has 1 amide bonds. The van der Waals surface area contributed by atoms with Crippen LogP contribution in [0.15, 0.2) is 16.8 Å². The highest BCUT2D eigenvalue weighted by atomic mass is 32.1. The SMILES string of the molecule is C[C@]12CCC3C(CCC4=CC(=NOCC(=O)NC(CS)C(=O)O)CC[C@@]43C)C1CCC2O. The number of allylic oxidation sites excluding steroid dienone is 2. The Morgan fingerprint density at radius 2 is 2.00 bits per heavy atom. The van der Waals surface area contributed by atoms with Crippen LogP contribution in [0.3, 0.4) is 0 Å². The highest BCUT2D eigenvalue weighted by Crippen LogP contribution is 2.65. The fourth-order valence-corrected chi connectivity index (χ4v) is 7.46. The Morgan fingerprint density at radius 3 is 2.72 bits per heavy atom. The molecule has 8 heteroatoms. The van der Waals surface area contributed by atoms with E-state index in [-0.39, 0.29) is 29.3 Å². The van der Waals surface area contributed by atoms with Crippen molar-refractivity contribution in [3.63, 3.8) is 0 Å². The minimum atomic E-state index is -1.12. The van der Waals surface area contributed by atoms with Crippen LogP contribution in [-0.2, 0) is 14.4 Å². The lowest BCUT2D eigenvalue weighted by Crippen LogP contribution is -2.51. The maximum absolute atomic E-state index is 11.9. The molecule has 0 aromatic rings. The van der Waals surface area contributed by atoms with E-state index >= 15 is 0 Å². The van der Waals surface area contributed by atoms with Gasteiger partial charge in [0.05, 0.1) is 11.8 Å². The van der Waals surface area contributed by atoms with Crippen LogP contribution in [0.5, 0.6) is 0 Å². The monoisotopic (exact) mass is 464 g/mol. The first-order valence-corrected chi connectivity index (χ1v) is 12.5. The minimum Gasteiger partial charge on any atom is -0.480 e. The molecule has 4 rings (SSSR count). The van der Waals surface area contributed by atoms with Crippen molar-refractivity contribution >= 4 is 30.2 Å². The fourth-order valence-electron chi connectivity index (χ4n) is 7.21. The van der Waals surface area contributed by atoms with E-state index in [2.05, 4.69) is 43.0 Å². The number of aliphatic hydroxyl groups is 1. The van der Waals surface area contributed by atoms with Gasteiger partial charge in [-0.3, -0.25) is 4.79 Å². The molecular weight excluding hydrogens is 428 g/mol. The van der Waals surface area contributed by atoms with Crippen LogP contribution in [0, 0.1) is 28.6 Å². The van der Waals surface area contributed by atoms with Crippen molar-refractivity contribution in [3.05, 3.63) is 11.6 Å². The molecule has 4 aliphatic carbocycles. The first-order chi connectivity index (χ1) is 15.2. The number of amides is 1. The molecule has 0 aliphatic heterocycles. The third-order valence-corrected chi connectivity index (χ3v) is 9.49. The Hall–Kier alpha value is -1.54. The fraction of sp³-hybridized carbons (Fsp3) is 0.792. The van der Waals surface area contributed by atoms with Gasteiger partial charge in [-0.1, -0.05) is 24.6 Å². The molecule has 3 fully saturated rings. The number of nitrogens with zero attached hydrogens (tertiary/aromatic N) is 1. The number of hydrogen-bond donors (Lipinski definition) is 4. The van der Waals surface area contributed by atoms with Gasteiger partial charge < -0.3 is 20.4 Å². The summed E-state index contributed by atoms with van der Waals surface area (Å²) in [5, 5.41) is 26.2. The molecule has 0 bridgehead atoms. The maximum Gasteiger partial charge on any atom is 0.327 e. The molecule has 0 heterocycles. The van der Waals surface area contributed by atoms with Crippen LogP contribution in [0.4, 0.5) is 0 Å². The van der Waals surface area contributed by atoms with Crippen LogP contribution in [0.25, 0.3) is 0 Å². The lowest BCUT2D eigenvalue weighted by atomic mass is 9.47. The number of hydrogen-bond acceptors (Lipinski definition) is 6. The number of aliphatic hydroxyl groups excluding tert-OH is 1. The zero-order valence-electron chi connectivity index (χ0n) is 19.0. The largest absolute Gasteiger partial charge is 0.480 e. The van der Waals surface area contributed by atoms with Gasteiger partial charge in [0.25, 0.3) is 5.91 Å². The number of oxime groups is 1. The Kier molecular flexibility index (Phi) is 6.65. The highest BCUT2D eigenvalue weighted by molar-refractivity contribution is 7.80. The highest BCUT2D eigenvalue weighted by Gasteiger charge is 2.58. The normalized spacial score (nSPS) is 40.5. The molecule has 0 spiro atoms. The zero-order valence-corrected chi connectivity index (χ0v) is 19.9. The quantitative estimate of drug-likeness (QED) is 0.357. The maximum atomic E-state index is 11.9. The Morgan fingerprint density at radius 1 is 1.22 bits per heavy atom. The number of carboxylic acid groups (broad SMARTS) is 1. The molecule has 32 heavy (non-hydrogen) atoms. The minimum absolute atomic E-state index is 0.0153. The summed E-state index contributed by atoms with van der Waals surface area (Å²) in [6.07, 6.45) is 10.5. The van der Waals surface area contributed by atoms with Crippen molar-refractivity contribution < 1.29 is 24.6 Å². The number of carbonyl (C=O) groups is 2. The van der Waals surface area contributed by atoms with E-state index in [9.17, 15) is 14.7 Å². The molecule has 3 N–H and O–H groups in total. The predicted octanol–water partition coefficient (Wildman–Crippen LogP) is 3.18. The van der Waals surface area contributed by atoms with Gasteiger partial charge in [0.1, 0.15) is 6.04 Å². The van der Waals surface area contributed by atoms with Crippen molar-refractivity contribution in [1.29, 1.82) is 0 Å². The molecule has 0 radical (unpaired) electrons. The number of thiol groups is 1. The van der Waals surface area contributed by atoms with Crippen molar-refractivity contribution in [2.24, 2.45) is 33.7 Å². The summed E-state index contributed by atoms with van der Waals surface area (Å²) in [4.78, 5) is 28.1. The van der Waals surface area contributed by atoms with Crippen molar-refractivity contribution in [2.45, 2.75) is 77.4 Å². The lowest BCUT2D eigenvalue weighted by Gasteiger charge is -2.57. The number of nitrogens with one attached hydrogen (secondary N) is 1. The van der Waals surface area contributed by atoms with Gasteiger partial charge >= 0.3 is 5.97 Å². The van der Waals surface area contributed by atoms with Gasteiger partial charge in [-0.2, -0.15) is 12.6 Å². The Labute approximate surface area is 195 Å². The van der Waals surface area contributed by atoms with Crippen LogP contribution >= 0.6 is 12.6 Å². The second kappa shape index (κ2) is 9.01. The summed E-state index contributed by atoms with van der Waals surface area (Å²) in [6.45, 7) is 4.42. The number of rotatable bonds is 6. The van der Waals surface area contributed by atoms with E-state index in [1.165, 1.54) is 18.4 Å². The zero-order chi connectivity index (χ0) is 23.1. The van der Waals surface area contributed by atoms with Crippen LogP contribution in [0.1, 0.15) is 65.2 Å². The number of carbonyl (C=O) groups excluding carboxylic acids is 1. The molecule has 0 saturated heterocycles. The van der Waals surface area contributed by atoms with Gasteiger partial charge in [-0.05, 0) is 86.0 Å². The van der Waals surface area contributed by atoms with E-state index in [1.807, 2.05) is 0 Å². The summed E-state index contributed by atoms with van der Waals surface area (Å²) in [5.74, 6) is 0.365. The van der Waals surface area contributed by atoms with Crippen LogP contribution in [0.2, 0.25) is 0 Å². The van der Waals surface area contributed by atoms with Crippen molar-refractivity contribution in [2.75, 3.05) is 12.4 Å². The summed E-state index contributed by atoms with van der Waals surface area (Å²) in [7, 11) is 0. The second-order valence-electron chi connectivity index (χ2n) is 10.6. The number of carboxylic acids is 1. The molecule has 178 valence electrons. The lowest BCUT2D eigenvalue weighted by molar-refractivity contribution is -0.141. The first kappa shape index (κ1) is 23.6. The Bertz CT molecular complexity index is 829. The van der Waals surface area contributed by atoms with Crippen LogP contribution < -0.4 is 5.32 Å². The van der Waals surface area contributed by atoms with Crippen molar-refractivity contribution in [1.82, 2.24) is 5.32 Å². The predicted molar refractivity (Wildman–Crippen MR) is 125 cm³/mol. The first-order valence-electron chi connectivity index (χ1n) is 11.9. The van der Waals surface area contributed by atoms with E-state index in [1.54, 1.807) is 0 Å². The second-order valence-corrected chi connectivity index (χ2v) is 11.0. The van der Waals surface area contributed by atoms with E-state index in [4.69, 9.17) is 9.94 Å². The molecule has 0 aromatic heterocycles. The summed E-state index contributed by atoms with van der Waals surface area (Å²) in [5.41, 5.74) is 2.57. The summed E-state index contributed by atoms with van der Waals surface area (Å²) >= 11 is 3.93. The summed E-state index contributed by atoms with van der Waals surface area (Å²) < 4.78 is 0. The molecule has 0 aromatic carbocycles. The molecule has 7 nitrogen and oxygen atoms in total. The number of fused-ring (bicyclic) bond motifs is 5. The average Bonchev–Trinajstić information content (AvgIpc) is 3.06. The third kappa shape index (κ3) is 4.09. The number of aliphatic carboxylic acids is 1. The van der Waals surface area contributed by atoms with Gasteiger partial charge in [-0.25, -0.2) is 4.79 Å².